The summed E-state index contributed by atoms with van der Waals surface area (Å²) in [6, 6.07) is 7.35. The van der Waals surface area contributed by atoms with Gasteiger partial charge in [0, 0.05) is 0 Å². The summed E-state index contributed by atoms with van der Waals surface area (Å²) in [5.41, 5.74) is 0.712. The molecule has 0 bridgehead atoms. The zero-order valence-electron chi connectivity index (χ0n) is 8.08. The first-order valence-corrected chi connectivity index (χ1v) is 5.47. The first-order valence-electron chi connectivity index (χ1n) is 4.23. The van der Waals surface area contributed by atoms with Gasteiger partial charge >= 0.3 is 0 Å². The first kappa shape index (κ1) is 11.3. The van der Waals surface area contributed by atoms with Gasteiger partial charge in [-0.2, -0.15) is 0 Å². The number of alkyl halides is 1. The standard InChI is InChI=1S/C10H12INO2/c1-7(11)10(13)12-8-5-3-4-6-9(8)14-2/h3-7H,1-2H3,(H,12,13)/t7-/m0/s1. The van der Waals surface area contributed by atoms with Gasteiger partial charge in [0.1, 0.15) is 5.75 Å². The van der Waals surface area contributed by atoms with Crippen LogP contribution in [0.5, 0.6) is 5.75 Å². The van der Waals surface area contributed by atoms with Crippen LogP contribution >= 0.6 is 22.6 Å². The van der Waals surface area contributed by atoms with Crippen molar-refractivity contribution < 1.29 is 9.53 Å². The Morgan fingerprint density at radius 3 is 2.71 bits per heavy atom. The number of para-hydroxylation sites is 2. The highest BCUT2D eigenvalue weighted by atomic mass is 127. The van der Waals surface area contributed by atoms with Gasteiger partial charge in [0.05, 0.1) is 16.7 Å². The fraction of sp³-hybridized carbons (Fsp3) is 0.300. The summed E-state index contributed by atoms with van der Waals surface area (Å²) in [6.07, 6.45) is 0. The monoisotopic (exact) mass is 305 g/mol. The lowest BCUT2D eigenvalue weighted by molar-refractivity contribution is -0.115. The highest BCUT2D eigenvalue weighted by Gasteiger charge is 2.10. The minimum absolute atomic E-state index is 0.0184. The number of nitrogens with one attached hydrogen (secondary N) is 1. The molecule has 1 atom stereocenters. The highest BCUT2D eigenvalue weighted by Crippen LogP contribution is 2.23. The molecule has 14 heavy (non-hydrogen) atoms. The van der Waals surface area contributed by atoms with E-state index in [9.17, 15) is 4.79 Å². The van der Waals surface area contributed by atoms with Crippen molar-refractivity contribution in [2.45, 2.75) is 10.8 Å². The minimum Gasteiger partial charge on any atom is -0.495 e. The smallest absolute Gasteiger partial charge is 0.237 e. The zero-order chi connectivity index (χ0) is 10.6. The van der Waals surface area contributed by atoms with E-state index in [-0.39, 0.29) is 9.83 Å². The molecule has 0 aliphatic rings. The molecular formula is C10H12INO2. The third kappa shape index (κ3) is 2.87. The first-order chi connectivity index (χ1) is 6.65. The predicted molar refractivity (Wildman–Crippen MR) is 65.1 cm³/mol. The molecule has 1 rings (SSSR count). The van der Waals surface area contributed by atoms with Gasteiger partial charge in [0.25, 0.3) is 0 Å². The van der Waals surface area contributed by atoms with Crippen LogP contribution < -0.4 is 10.1 Å². The maximum atomic E-state index is 11.4. The number of rotatable bonds is 3. The lowest BCUT2D eigenvalue weighted by atomic mass is 10.3. The number of anilines is 1. The maximum Gasteiger partial charge on any atom is 0.237 e. The molecule has 0 saturated heterocycles. The molecule has 1 N–H and O–H groups in total. The largest absolute Gasteiger partial charge is 0.495 e. The number of methoxy groups -OCH3 is 1. The molecule has 0 aromatic heterocycles. The van der Waals surface area contributed by atoms with Gasteiger partial charge in [0.2, 0.25) is 5.91 Å². The number of carbonyl (C=O) groups is 1. The molecule has 0 heterocycles. The normalized spacial score (nSPS) is 11.9. The molecule has 1 amide bonds. The number of carbonyl (C=O) groups excluding carboxylic acids is 1. The van der Waals surface area contributed by atoms with Crippen molar-refractivity contribution in [3.8, 4) is 5.75 Å². The molecule has 1 aromatic carbocycles. The van der Waals surface area contributed by atoms with Crippen LogP contribution in [0.25, 0.3) is 0 Å². The summed E-state index contributed by atoms with van der Waals surface area (Å²) < 4.78 is 5.05. The summed E-state index contributed by atoms with van der Waals surface area (Å²) in [7, 11) is 1.58. The van der Waals surface area contributed by atoms with Crippen molar-refractivity contribution in [1.82, 2.24) is 0 Å². The Morgan fingerprint density at radius 1 is 1.50 bits per heavy atom. The molecule has 0 spiro atoms. The molecular weight excluding hydrogens is 293 g/mol. The molecule has 0 aliphatic heterocycles. The van der Waals surface area contributed by atoms with E-state index in [1.165, 1.54) is 0 Å². The van der Waals surface area contributed by atoms with Gasteiger partial charge in [-0.3, -0.25) is 4.79 Å². The summed E-state index contributed by atoms with van der Waals surface area (Å²) in [5, 5.41) is 2.79. The quantitative estimate of drug-likeness (QED) is 0.688. The van der Waals surface area contributed by atoms with Crippen LogP contribution in [0.3, 0.4) is 0 Å². The van der Waals surface area contributed by atoms with Crippen LogP contribution in [0.15, 0.2) is 24.3 Å². The Hall–Kier alpha value is -0.780. The van der Waals surface area contributed by atoms with Crippen molar-refractivity contribution in [1.29, 1.82) is 0 Å². The fourth-order valence-corrected chi connectivity index (χ4v) is 1.14. The van der Waals surface area contributed by atoms with Gasteiger partial charge in [-0.1, -0.05) is 34.7 Å². The van der Waals surface area contributed by atoms with Crippen LogP contribution in [0.1, 0.15) is 6.92 Å². The van der Waals surface area contributed by atoms with E-state index in [1.54, 1.807) is 7.11 Å². The van der Waals surface area contributed by atoms with E-state index < -0.39 is 0 Å². The van der Waals surface area contributed by atoms with Gasteiger partial charge in [-0.15, -0.1) is 0 Å². The fourth-order valence-electron chi connectivity index (χ4n) is 0.980. The van der Waals surface area contributed by atoms with Gasteiger partial charge in [-0.25, -0.2) is 0 Å². The summed E-state index contributed by atoms with van der Waals surface area (Å²) in [5.74, 6) is 0.660. The van der Waals surface area contributed by atoms with E-state index in [0.29, 0.717) is 11.4 Å². The van der Waals surface area contributed by atoms with E-state index in [2.05, 4.69) is 27.9 Å². The topological polar surface area (TPSA) is 38.3 Å². The number of benzene rings is 1. The van der Waals surface area contributed by atoms with Crippen molar-refractivity contribution in [2.75, 3.05) is 12.4 Å². The maximum absolute atomic E-state index is 11.4. The van der Waals surface area contributed by atoms with Crippen LogP contribution in [0, 0.1) is 0 Å². The van der Waals surface area contributed by atoms with Crippen LogP contribution in [-0.2, 0) is 4.79 Å². The van der Waals surface area contributed by atoms with Gasteiger partial charge in [0.15, 0.2) is 0 Å². The van der Waals surface area contributed by atoms with Crippen LogP contribution in [0.2, 0.25) is 0 Å². The van der Waals surface area contributed by atoms with Gasteiger partial charge < -0.3 is 10.1 Å². The molecule has 0 unspecified atom stereocenters. The zero-order valence-corrected chi connectivity index (χ0v) is 10.2. The Bertz CT molecular complexity index is 326. The Morgan fingerprint density at radius 2 is 2.14 bits per heavy atom. The number of amides is 1. The SMILES string of the molecule is COc1ccccc1NC(=O)[C@H](C)I. The number of halogens is 1. The second-order valence-electron chi connectivity index (χ2n) is 2.81. The molecule has 0 aliphatic carbocycles. The Balaban J connectivity index is 2.80. The predicted octanol–water partition coefficient (Wildman–Crippen LogP) is 2.46. The van der Waals surface area contributed by atoms with E-state index in [1.807, 2.05) is 31.2 Å². The van der Waals surface area contributed by atoms with Crippen LogP contribution in [0.4, 0.5) is 5.69 Å². The van der Waals surface area contributed by atoms with E-state index in [4.69, 9.17) is 4.74 Å². The second-order valence-corrected chi connectivity index (χ2v) is 4.67. The third-order valence-corrected chi connectivity index (χ3v) is 2.29. The summed E-state index contributed by atoms with van der Waals surface area (Å²) in [6.45, 7) is 1.84. The molecule has 1 aromatic rings. The summed E-state index contributed by atoms with van der Waals surface area (Å²) in [4.78, 5) is 11.4. The Labute approximate surface area is 97.0 Å². The average Bonchev–Trinajstić information content (AvgIpc) is 2.18. The average molecular weight is 305 g/mol. The van der Waals surface area contributed by atoms with Crippen molar-refractivity contribution >= 4 is 34.2 Å². The molecule has 4 heteroatoms. The lowest BCUT2D eigenvalue weighted by Gasteiger charge is -2.10. The second kappa shape index (κ2) is 5.19. The molecule has 76 valence electrons. The number of ether oxygens (including phenoxy) is 1. The molecule has 0 fully saturated rings. The van der Waals surface area contributed by atoms with Crippen molar-refractivity contribution in [3.05, 3.63) is 24.3 Å². The third-order valence-electron chi connectivity index (χ3n) is 1.73. The van der Waals surface area contributed by atoms with Crippen LogP contribution in [-0.4, -0.2) is 16.9 Å². The van der Waals surface area contributed by atoms with E-state index >= 15 is 0 Å². The Kier molecular flexibility index (Phi) is 4.19. The minimum atomic E-state index is -0.0579. The van der Waals surface area contributed by atoms with Gasteiger partial charge in [-0.05, 0) is 19.1 Å². The number of hydrogen-bond donors (Lipinski definition) is 1. The summed E-state index contributed by atoms with van der Waals surface area (Å²) >= 11 is 2.07. The van der Waals surface area contributed by atoms with E-state index in [0.717, 1.165) is 0 Å². The molecule has 0 radical (unpaired) electrons. The lowest BCUT2D eigenvalue weighted by Crippen LogP contribution is -2.20. The number of hydrogen-bond acceptors (Lipinski definition) is 2. The van der Waals surface area contributed by atoms with Crippen molar-refractivity contribution in [3.63, 3.8) is 0 Å². The molecule has 0 saturated carbocycles. The highest BCUT2D eigenvalue weighted by molar-refractivity contribution is 14.1. The molecule has 3 nitrogen and oxygen atoms in total. The van der Waals surface area contributed by atoms with Crippen molar-refractivity contribution in [2.24, 2.45) is 0 Å².